The van der Waals surface area contributed by atoms with Crippen LogP contribution in [0.3, 0.4) is 0 Å². The van der Waals surface area contributed by atoms with Gasteiger partial charge in [-0.15, -0.1) is 0 Å². The van der Waals surface area contributed by atoms with Gasteiger partial charge in [-0.1, -0.05) is 34.9 Å². The summed E-state index contributed by atoms with van der Waals surface area (Å²) in [5.41, 5.74) is 10.2. The topological polar surface area (TPSA) is 75.1 Å². The van der Waals surface area contributed by atoms with Gasteiger partial charge in [0.2, 0.25) is 0 Å². The summed E-state index contributed by atoms with van der Waals surface area (Å²) in [6.07, 6.45) is 1.50. The molecule has 17 heavy (non-hydrogen) atoms. The summed E-state index contributed by atoms with van der Waals surface area (Å²) in [5.74, 6) is -0.620. The van der Waals surface area contributed by atoms with E-state index < -0.39 is 5.97 Å². The molecule has 0 aliphatic carbocycles. The second-order valence-electron chi connectivity index (χ2n) is 3.35. The zero-order chi connectivity index (χ0) is 12.7. The molecule has 0 heterocycles. The van der Waals surface area contributed by atoms with Gasteiger partial charge in [-0.3, -0.25) is 0 Å². The maximum Gasteiger partial charge on any atom is 0.340 e. The summed E-state index contributed by atoms with van der Waals surface area (Å²) < 4.78 is 4.78. The van der Waals surface area contributed by atoms with Crippen LogP contribution in [0.25, 0.3) is 16.5 Å². The fourth-order valence-electron chi connectivity index (χ4n) is 1.20. The van der Waals surface area contributed by atoms with Gasteiger partial charge in [-0.2, -0.15) is 0 Å². The van der Waals surface area contributed by atoms with Gasteiger partial charge in [-0.05, 0) is 31.0 Å². The fraction of sp³-hybridized carbons (Fsp3) is 0.250. The molecule has 88 valence electrons. The van der Waals surface area contributed by atoms with Crippen molar-refractivity contribution in [2.75, 3.05) is 6.61 Å². The number of ether oxygens (including phenoxy) is 1. The number of nitrogens with zero attached hydrogens (tertiary/aromatic N) is 3. The van der Waals surface area contributed by atoms with Gasteiger partial charge in [0.05, 0.1) is 6.61 Å². The zero-order valence-electron chi connectivity index (χ0n) is 9.75. The first kappa shape index (κ1) is 12.8. The number of aryl methyl sites for hydroxylation is 1. The Kier molecular flexibility index (Phi) is 4.78. The molecule has 0 aliphatic heterocycles. The van der Waals surface area contributed by atoms with E-state index in [-0.39, 0.29) is 12.3 Å². The predicted molar refractivity (Wildman–Crippen MR) is 64.9 cm³/mol. The van der Waals surface area contributed by atoms with Crippen LogP contribution in [0, 0.1) is 6.92 Å². The monoisotopic (exact) mass is 231 g/mol. The molecule has 0 bridgehead atoms. The lowest BCUT2D eigenvalue weighted by molar-refractivity contribution is -0.138. The smallest absolute Gasteiger partial charge is 0.340 e. The van der Waals surface area contributed by atoms with Crippen LogP contribution in [0.15, 0.2) is 35.1 Å². The van der Waals surface area contributed by atoms with Gasteiger partial charge in [-0.25, -0.2) is 4.79 Å². The average Bonchev–Trinajstić information content (AvgIpc) is 2.31. The van der Waals surface area contributed by atoms with Crippen molar-refractivity contribution in [3.05, 3.63) is 51.5 Å². The number of carbonyl (C=O) groups is 1. The van der Waals surface area contributed by atoms with E-state index in [1.807, 2.05) is 31.2 Å². The Morgan fingerprint density at radius 3 is 2.65 bits per heavy atom. The summed E-state index contributed by atoms with van der Waals surface area (Å²) in [5, 5.41) is 3.33. The highest BCUT2D eigenvalue weighted by Crippen LogP contribution is 2.11. The van der Waals surface area contributed by atoms with Gasteiger partial charge in [0.1, 0.15) is 5.70 Å². The summed E-state index contributed by atoms with van der Waals surface area (Å²) in [4.78, 5) is 14.1. The van der Waals surface area contributed by atoms with Gasteiger partial charge in [0, 0.05) is 4.91 Å². The van der Waals surface area contributed by atoms with Crippen molar-refractivity contribution in [2.45, 2.75) is 13.8 Å². The Balaban J connectivity index is 3.01. The van der Waals surface area contributed by atoms with Crippen molar-refractivity contribution >= 4 is 12.0 Å². The Morgan fingerprint density at radius 1 is 1.47 bits per heavy atom. The third-order valence-corrected chi connectivity index (χ3v) is 2.02. The van der Waals surface area contributed by atoms with Crippen LogP contribution in [0.2, 0.25) is 0 Å². The van der Waals surface area contributed by atoms with Crippen molar-refractivity contribution in [2.24, 2.45) is 5.11 Å². The van der Waals surface area contributed by atoms with Crippen molar-refractivity contribution < 1.29 is 9.53 Å². The molecule has 1 aromatic rings. The molecule has 0 saturated heterocycles. The number of azide groups is 1. The second kappa shape index (κ2) is 6.35. The lowest BCUT2D eigenvalue weighted by atomic mass is 10.1. The first-order valence-electron chi connectivity index (χ1n) is 5.18. The summed E-state index contributed by atoms with van der Waals surface area (Å²) in [6, 6.07) is 7.48. The lowest BCUT2D eigenvalue weighted by Gasteiger charge is -2.01. The van der Waals surface area contributed by atoms with Gasteiger partial charge in [0.25, 0.3) is 0 Å². The molecule has 0 saturated carbocycles. The van der Waals surface area contributed by atoms with Crippen LogP contribution in [0.4, 0.5) is 0 Å². The molecular weight excluding hydrogens is 218 g/mol. The largest absolute Gasteiger partial charge is 0.462 e. The van der Waals surface area contributed by atoms with E-state index in [0.29, 0.717) is 0 Å². The first-order chi connectivity index (χ1) is 8.17. The fourth-order valence-corrected chi connectivity index (χ4v) is 1.20. The van der Waals surface area contributed by atoms with Crippen LogP contribution in [-0.4, -0.2) is 12.6 Å². The van der Waals surface area contributed by atoms with Crippen LogP contribution < -0.4 is 0 Å². The highest BCUT2D eigenvalue weighted by molar-refractivity contribution is 5.93. The molecule has 0 aromatic heterocycles. The molecule has 0 N–H and O–H groups in total. The highest BCUT2D eigenvalue weighted by atomic mass is 16.5. The molecule has 0 radical (unpaired) electrons. The molecule has 0 unspecified atom stereocenters. The van der Waals surface area contributed by atoms with Crippen LogP contribution >= 0.6 is 0 Å². The molecule has 1 rings (SSSR count). The van der Waals surface area contributed by atoms with E-state index >= 15 is 0 Å². The Hall–Kier alpha value is -2.26. The molecule has 0 amide bonds. The normalized spacial score (nSPS) is 10.6. The summed E-state index contributed by atoms with van der Waals surface area (Å²) in [6.45, 7) is 3.90. The van der Waals surface area contributed by atoms with E-state index in [4.69, 9.17) is 10.3 Å². The van der Waals surface area contributed by atoms with Gasteiger partial charge < -0.3 is 4.74 Å². The van der Waals surface area contributed by atoms with E-state index in [1.165, 1.54) is 6.08 Å². The quantitative estimate of drug-likeness (QED) is 0.262. The van der Waals surface area contributed by atoms with Crippen molar-refractivity contribution in [3.63, 3.8) is 0 Å². The summed E-state index contributed by atoms with van der Waals surface area (Å²) in [7, 11) is 0. The number of rotatable bonds is 4. The maximum atomic E-state index is 11.4. The molecule has 0 aliphatic rings. The van der Waals surface area contributed by atoms with E-state index in [0.717, 1.165) is 11.1 Å². The number of esters is 1. The third kappa shape index (κ3) is 4.01. The summed E-state index contributed by atoms with van der Waals surface area (Å²) >= 11 is 0. The van der Waals surface area contributed by atoms with Crippen molar-refractivity contribution in [3.8, 4) is 0 Å². The van der Waals surface area contributed by atoms with Crippen LogP contribution in [-0.2, 0) is 9.53 Å². The average molecular weight is 231 g/mol. The predicted octanol–water partition coefficient (Wildman–Crippen LogP) is 3.21. The number of hydrogen-bond acceptors (Lipinski definition) is 3. The SMILES string of the molecule is CCOC(=O)/C(=C/c1ccc(C)cc1)N=[N+]=[N-]. The Bertz CT molecular complexity index is 471. The molecule has 0 spiro atoms. The molecule has 5 nitrogen and oxygen atoms in total. The molecule has 1 aromatic carbocycles. The second-order valence-corrected chi connectivity index (χ2v) is 3.35. The number of hydrogen-bond donors (Lipinski definition) is 0. The standard InChI is InChI=1S/C12H13N3O2/c1-3-17-12(16)11(14-15-13)8-10-6-4-9(2)5-7-10/h4-8H,3H2,1-2H3/b11-8-. The van der Waals surface area contributed by atoms with Crippen LogP contribution in [0.5, 0.6) is 0 Å². The molecule has 0 atom stereocenters. The molecule has 5 heteroatoms. The van der Waals surface area contributed by atoms with Crippen LogP contribution in [0.1, 0.15) is 18.1 Å². The minimum Gasteiger partial charge on any atom is -0.462 e. The lowest BCUT2D eigenvalue weighted by Crippen LogP contribution is -2.05. The van der Waals surface area contributed by atoms with E-state index in [2.05, 4.69) is 10.0 Å². The number of benzene rings is 1. The minimum absolute atomic E-state index is 0.0433. The van der Waals surface area contributed by atoms with E-state index in [1.54, 1.807) is 6.92 Å². The van der Waals surface area contributed by atoms with Crippen molar-refractivity contribution in [1.82, 2.24) is 0 Å². The highest BCUT2D eigenvalue weighted by Gasteiger charge is 2.08. The molecule has 0 fully saturated rings. The van der Waals surface area contributed by atoms with Gasteiger partial charge >= 0.3 is 5.97 Å². The molecular formula is C12H13N3O2. The first-order valence-corrected chi connectivity index (χ1v) is 5.18. The van der Waals surface area contributed by atoms with E-state index in [9.17, 15) is 4.79 Å². The Labute approximate surface area is 99.3 Å². The third-order valence-electron chi connectivity index (χ3n) is 2.02. The van der Waals surface area contributed by atoms with Crippen molar-refractivity contribution in [1.29, 1.82) is 0 Å². The Morgan fingerprint density at radius 2 is 2.12 bits per heavy atom. The maximum absolute atomic E-state index is 11.4. The minimum atomic E-state index is -0.620. The zero-order valence-corrected chi connectivity index (χ0v) is 9.75. The number of carbonyl (C=O) groups excluding carboxylic acids is 1. The van der Waals surface area contributed by atoms with Gasteiger partial charge in [0.15, 0.2) is 0 Å².